The lowest BCUT2D eigenvalue weighted by Crippen LogP contribution is -1.92. The molecule has 0 bridgehead atoms. The maximum absolute atomic E-state index is 5.31. The van der Waals surface area contributed by atoms with Crippen LogP contribution in [0.1, 0.15) is 16.7 Å². The van der Waals surface area contributed by atoms with E-state index in [0.717, 1.165) is 24.2 Å². The lowest BCUT2D eigenvalue weighted by molar-refractivity contribution is 0.337. The Hall–Kier alpha value is -2.66. The molecule has 0 aliphatic heterocycles. The van der Waals surface area contributed by atoms with Crippen LogP contribution in [0.4, 0.5) is 0 Å². The lowest BCUT2D eigenvalue weighted by atomic mass is 10.0. The first-order valence-electron chi connectivity index (χ1n) is 7.21. The summed E-state index contributed by atoms with van der Waals surface area (Å²) in [5, 5.41) is 0. The molecule has 0 aliphatic carbocycles. The smallest absolute Gasteiger partial charge is 0.134 e. The molecule has 2 nitrogen and oxygen atoms in total. The van der Waals surface area contributed by atoms with Crippen molar-refractivity contribution in [2.45, 2.75) is 12.8 Å². The fourth-order valence-corrected chi connectivity index (χ4v) is 2.18. The number of hydrogen-bond donors (Lipinski definition) is 0. The molecule has 112 valence electrons. The molecule has 0 spiro atoms. The van der Waals surface area contributed by atoms with Crippen LogP contribution >= 0.6 is 0 Å². The number of rotatable bonds is 5. The Morgan fingerprint density at radius 3 is 2.45 bits per heavy atom. The molecule has 22 heavy (non-hydrogen) atoms. The standard InChI is InChI=1S/C20H20O2/c1-21-16-8-14-18-10-4-3-9-17(18)12-7-13-19-11-5-6-15-20(19)22-2/h3-6,8-11,15-16H,12,14H2,1-2H3/b16-8+. The zero-order valence-corrected chi connectivity index (χ0v) is 13.0. The quantitative estimate of drug-likeness (QED) is 0.613. The Kier molecular flexibility index (Phi) is 6.14. The van der Waals surface area contributed by atoms with Gasteiger partial charge in [-0.15, -0.1) is 0 Å². The van der Waals surface area contributed by atoms with Crippen molar-refractivity contribution in [2.24, 2.45) is 0 Å². The molecule has 0 fully saturated rings. The molecule has 0 atom stereocenters. The molecule has 0 heterocycles. The van der Waals surface area contributed by atoms with Gasteiger partial charge in [0.2, 0.25) is 0 Å². The van der Waals surface area contributed by atoms with E-state index in [2.05, 4.69) is 24.0 Å². The second-order valence-corrected chi connectivity index (χ2v) is 4.76. The average molecular weight is 292 g/mol. The number of ether oxygens (including phenoxy) is 2. The van der Waals surface area contributed by atoms with Gasteiger partial charge in [-0.1, -0.05) is 48.2 Å². The highest BCUT2D eigenvalue weighted by Gasteiger charge is 1.99. The zero-order valence-electron chi connectivity index (χ0n) is 13.0. The number of allylic oxidation sites excluding steroid dienone is 1. The van der Waals surface area contributed by atoms with Gasteiger partial charge in [0.1, 0.15) is 5.75 Å². The molecule has 2 aromatic carbocycles. The molecule has 0 unspecified atom stereocenters. The van der Waals surface area contributed by atoms with Crippen molar-refractivity contribution in [2.75, 3.05) is 14.2 Å². The zero-order chi connectivity index (χ0) is 15.6. The van der Waals surface area contributed by atoms with Gasteiger partial charge in [-0.3, -0.25) is 0 Å². The first-order valence-corrected chi connectivity index (χ1v) is 7.21. The van der Waals surface area contributed by atoms with E-state index in [4.69, 9.17) is 9.47 Å². The third kappa shape index (κ3) is 4.43. The summed E-state index contributed by atoms with van der Waals surface area (Å²) in [5.74, 6) is 7.24. The molecule has 2 heteroatoms. The minimum absolute atomic E-state index is 0.717. The summed E-state index contributed by atoms with van der Waals surface area (Å²) in [6, 6.07) is 16.1. The summed E-state index contributed by atoms with van der Waals surface area (Å²) in [5.41, 5.74) is 3.43. The third-order valence-corrected chi connectivity index (χ3v) is 3.30. The van der Waals surface area contributed by atoms with Crippen LogP contribution in [-0.2, 0) is 17.6 Å². The third-order valence-electron chi connectivity index (χ3n) is 3.30. The summed E-state index contributed by atoms with van der Waals surface area (Å²) >= 11 is 0. The minimum atomic E-state index is 0.717. The average Bonchev–Trinajstić information content (AvgIpc) is 2.57. The number of benzene rings is 2. The summed E-state index contributed by atoms with van der Waals surface area (Å²) in [6.45, 7) is 0. The van der Waals surface area contributed by atoms with E-state index >= 15 is 0 Å². The van der Waals surface area contributed by atoms with Crippen molar-refractivity contribution in [3.05, 3.63) is 77.6 Å². The summed E-state index contributed by atoms with van der Waals surface area (Å²) < 4.78 is 10.3. The van der Waals surface area contributed by atoms with Crippen molar-refractivity contribution in [1.29, 1.82) is 0 Å². The van der Waals surface area contributed by atoms with Gasteiger partial charge >= 0.3 is 0 Å². The maximum Gasteiger partial charge on any atom is 0.134 e. The van der Waals surface area contributed by atoms with E-state index < -0.39 is 0 Å². The van der Waals surface area contributed by atoms with Crippen LogP contribution in [0, 0.1) is 11.8 Å². The maximum atomic E-state index is 5.31. The Morgan fingerprint density at radius 1 is 0.955 bits per heavy atom. The number of methoxy groups -OCH3 is 2. The topological polar surface area (TPSA) is 18.5 Å². The molecule has 0 N–H and O–H groups in total. The minimum Gasteiger partial charge on any atom is -0.505 e. The van der Waals surface area contributed by atoms with Crippen LogP contribution in [-0.4, -0.2) is 14.2 Å². The largest absolute Gasteiger partial charge is 0.505 e. The molecular weight excluding hydrogens is 272 g/mol. The summed E-state index contributed by atoms with van der Waals surface area (Å²) in [7, 11) is 3.32. The van der Waals surface area contributed by atoms with E-state index in [1.807, 2.05) is 42.5 Å². The van der Waals surface area contributed by atoms with Gasteiger partial charge in [-0.25, -0.2) is 0 Å². The van der Waals surface area contributed by atoms with Crippen molar-refractivity contribution in [3.8, 4) is 17.6 Å². The summed E-state index contributed by atoms with van der Waals surface area (Å²) in [6.07, 6.45) is 5.28. The van der Waals surface area contributed by atoms with E-state index in [1.54, 1.807) is 20.5 Å². The predicted molar refractivity (Wildman–Crippen MR) is 89.9 cm³/mol. The highest BCUT2D eigenvalue weighted by atomic mass is 16.5. The van der Waals surface area contributed by atoms with Crippen LogP contribution in [0.5, 0.6) is 5.75 Å². The van der Waals surface area contributed by atoms with Crippen molar-refractivity contribution < 1.29 is 9.47 Å². The van der Waals surface area contributed by atoms with E-state index in [9.17, 15) is 0 Å². The Balaban J connectivity index is 2.12. The first kappa shape index (κ1) is 15.7. The lowest BCUT2D eigenvalue weighted by Gasteiger charge is -2.04. The molecule has 0 aliphatic rings. The van der Waals surface area contributed by atoms with Gasteiger partial charge in [0.05, 0.1) is 26.0 Å². The van der Waals surface area contributed by atoms with Crippen LogP contribution in [0.25, 0.3) is 0 Å². The van der Waals surface area contributed by atoms with E-state index in [-0.39, 0.29) is 0 Å². The van der Waals surface area contributed by atoms with Crippen LogP contribution < -0.4 is 4.74 Å². The molecule has 0 amide bonds. The normalized spacial score (nSPS) is 10.1. The van der Waals surface area contributed by atoms with Gasteiger partial charge in [0, 0.05) is 6.42 Å². The molecule has 0 saturated heterocycles. The first-order chi connectivity index (χ1) is 10.8. The van der Waals surface area contributed by atoms with Crippen molar-refractivity contribution in [3.63, 3.8) is 0 Å². The van der Waals surface area contributed by atoms with Gasteiger partial charge < -0.3 is 9.47 Å². The highest BCUT2D eigenvalue weighted by Crippen LogP contribution is 2.16. The Bertz CT molecular complexity index is 690. The fraction of sp³-hybridized carbons (Fsp3) is 0.200. The molecule has 2 rings (SSSR count). The molecule has 0 saturated carbocycles. The van der Waals surface area contributed by atoms with E-state index in [0.29, 0.717) is 0 Å². The molecule has 0 aromatic heterocycles. The monoisotopic (exact) mass is 292 g/mol. The molecule has 0 radical (unpaired) electrons. The van der Waals surface area contributed by atoms with Crippen LogP contribution in [0.3, 0.4) is 0 Å². The van der Waals surface area contributed by atoms with Gasteiger partial charge in [-0.05, 0) is 35.8 Å². The predicted octanol–water partition coefficient (Wildman–Crippen LogP) is 3.99. The second-order valence-electron chi connectivity index (χ2n) is 4.76. The van der Waals surface area contributed by atoms with Crippen LogP contribution in [0.2, 0.25) is 0 Å². The molecule has 2 aromatic rings. The van der Waals surface area contributed by atoms with E-state index in [1.165, 1.54) is 11.1 Å². The second kappa shape index (κ2) is 8.59. The SMILES string of the molecule is CO/C=C/Cc1ccccc1CC#Cc1ccccc1OC. The highest BCUT2D eigenvalue weighted by molar-refractivity contribution is 5.46. The van der Waals surface area contributed by atoms with Crippen LogP contribution in [0.15, 0.2) is 60.9 Å². The van der Waals surface area contributed by atoms with Gasteiger partial charge in [0.25, 0.3) is 0 Å². The molecular formula is C20H20O2. The Labute approximate surface area is 132 Å². The fourth-order valence-electron chi connectivity index (χ4n) is 2.18. The summed E-state index contributed by atoms with van der Waals surface area (Å²) in [4.78, 5) is 0. The van der Waals surface area contributed by atoms with Gasteiger partial charge in [0.15, 0.2) is 0 Å². The Morgan fingerprint density at radius 2 is 1.68 bits per heavy atom. The van der Waals surface area contributed by atoms with Crippen molar-refractivity contribution >= 4 is 0 Å². The van der Waals surface area contributed by atoms with Crippen molar-refractivity contribution in [1.82, 2.24) is 0 Å². The number of para-hydroxylation sites is 1. The van der Waals surface area contributed by atoms with Gasteiger partial charge in [-0.2, -0.15) is 0 Å². The number of hydrogen-bond acceptors (Lipinski definition) is 2.